The predicted octanol–water partition coefficient (Wildman–Crippen LogP) is 3.23. The fraction of sp³-hybridized carbons (Fsp3) is 0.545. The molecule has 0 aliphatic heterocycles. The minimum absolute atomic E-state index is 0.196. The molecule has 0 radical (unpaired) electrons. The summed E-state index contributed by atoms with van der Waals surface area (Å²) in [5.41, 5.74) is 0. The first-order valence-electron chi connectivity index (χ1n) is 5.24. The molecule has 1 aromatic heterocycles. The van der Waals surface area contributed by atoms with Crippen LogP contribution in [0.2, 0.25) is 5.02 Å². The molecule has 0 atom stereocenters. The molecule has 0 aliphatic carbocycles. The lowest BCUT2D eigenvalue weighted by molar-refractivity contribution is -0.120. The number of hydrogen-bond donors (Lipinski definition) is 0. The van der Waals surface area contributed by atoms with Gasteiger partial charge in [0, 0.05) is 19.4 Å². The Labute approximate surface area is 105 Å². The second-order valence-electron chi connectivity index (χ2n) is 2.94. The largest absolute Gasteiger partial charge is 0.352 e. The molecule has 1 aromatic rings. The van der Waals surface area contributed by atoms with Crippen molar-refractivity contribution >= 4 is 23.4 Å². The van der Waals surface area contributed by atoms with Crippen LogP contribution in [-0.2, 0) is 9.47 Å². The van der Waals surface area contributed by atoms with E-state index in [1.54, 1.807) is 18.0 Å². The van der Waals surface area contributed by atoms with Crippen molar-refractivity contribution in [2.24, 2.45) is 0 Å². The van der Waals surface area contributed by atoms with Crippen LogP contribution in [0.3, 0.4) is 0 Å². The van der Waals surface area contributed by atoms with Gasteiger partial charge in [-0.05, 0) is 26.0 Å². The van der Waals surface area contributed by atoms with E-state index in [1.807, 2.05) is 26.0 Å². The van der Waals surface area contributed by atoms with Crippen molar-refractivity contribution in [1.29, 1.82) is 0 Å². The zero-order valence-electron chi connectivity index (χ0n) is 9.48. The lowest BCUT2D eigenvalue weighted by Crippen LogP contribution is -2.20. The minimum Gasteiger partial charge on any atom is -0.352 e. The Morgan fingerprint density at radius 1 is 1.38 bits per heavy atom. The highest BCUT2D eigenvalue weighted by atomic mass is 35.5. The smallest absolute Gasteiger partial charge is 0.166 e. The molecule has 0 fully saturated rings. The van der Waals surface area contributed by atoms with Crippen molar-refractivity contribution in [3.63, 3.8) is 0 Å². The third-order valence-corrected chi connectivity index (χ3v) is 3.24. The highest BCUT2D eigenvalue weighted by Gasteiger charge is 2.10. The van der Waals surface area contributed by atoms with Gasteiger partial charge in [-0.1, -0.05) is 23.4 Å². The number of aromatic nitrogens is 1. The molecule has 0 amide bonds. The van der Waals surface area contributed by atoms with Crippen LogP contribution in [0.15, 0.2) is 23.4 Å². The van der Waals surface area contributed by atoms with Crippen LogP contribution in [-0.4, -0.2) is 30.2 Å². The van der Waals surface area contributed by atoms with E-state index in [0.717, 1.165) is 5.03 Å². The molecule has 5 heteroatoms. The SMILES string of the molecule is CCOC(CSc1ncccc1Cl)OCC. The molecule has 0 bridgehead atoms. The minimum atomic E-state index is -0.196. The number of halogens is 1. The topological polar surface area (TPSA) is 31.4 Å². The third-order valence-electron chi connectivity index (χ3n) is 1.79. The van der Waals surface area contributed by atoms with Crippen molar-refractivity contribution in [3.8, 4) is 0 Å². The van der Waals surface area contributed by atoms with E-state index in [1.165, 1.54) is 0 Å². The molecule has 3 nitrogen and oxygen atoms in total. The van der Waals surface area contributed by atoms with Gasteiger partial charge in [-0.25, -0.2) is 4.98 Å². The van der Waals surface area contributed by atoms with Gasteiger partial charge in [-0.3, -0.25) is 0 Å². The summed E-state index contributed by atoms with van der Waals surface area (Å²) in [5, 5.41) is 1.48. The van der Waals surface area contributed by atoms with Gasteiger partial charge in [-0.15, -0.1) is 0 Å². The van der Waals surface area contributed by atoms with Gasteiger partial charge < -0.3 is 9.47 Å². The first-order chi connectivity index (χ1) is 7.77. The summed E-state index contributed by atoms with van der Waals surface area (Å²) >= 11 is 7.54. The summed E-state index contributed by atoms with van der Waals surface area (Å²) < 4.78 is 10.9. The van der Waals surface area contributed by atoms with E-state index in [9.17, 15) is 0 Å². The van der Waals surface area contributed by atoms with Crippen LogP contribution in [0.4, 0.5) is 0 Å². The lowest BCUT2D eigenvalue weighted by atomic mass is 10.5. The molecular weight excluding hydrogens is 246 g/mol. The molecule has 0 N–H and O–H groups in total. The molecule has 16 heavy (non-hydrogen) atoms. The monoisotopic (exact) mass is 261 g/mol. The number of nitrogens with zero attached hydrogens (tertiary/aromatic N) is 1. The van der Waals surface area contributed by atoms with Crippen LogP contribution in [0.25, 0.3) is 0 Å². The summed E-state index contributed by atoms with van der Waals surface area (Å²) in [5.74, 6) is 0.693. The van der Waals surface area contributed by atoms with Gasteiger partial charge in [0.05, 0.1) is 10.8 Å². The van der Waals surface area contributed by atoms with Gasteiger partial charge in [0.2, 0.25) is 0 Å². The fourth-order valence-corrected chi connectivity index (χ4v) is 2.25. The Morgan fingerprint density at radius 2 is 2.06 bits per heavy atom. The summed E-state index contributed by atoms with van der Waals surface area (Å²) in [6.07, 6.45) is 1.53. The molecule has 0 saturated carbocycles. The molecule has 0 aliphatic rings. The number of thioether (sulfide) groups is 1. The maximum Gasteiger partial charge on any atom is 0.166 e. The number of hydrogen-bond acceptors (Lipinski definition) is 4. The van der Waals surface area contributed by atoms with Gasteiger partial charge in [0.25, 0.3) is 0 Å². The highest BCUT2D eigenvalue weighted by Crippen LogP contribution is 2.25. The first-order valence-corrected chi connectivity index (χ1v) is 6.60. The first kappa shape index (κ1) is 13.8. The maximum absolute atomic E-state index is 6.00. The average molecular weight is 262 g/mol. The van der Waals surface area contributed by atoms with Gasteiger partial charge in [0.15, 0.2) is 6.29 Å². The van der Waals surface area contributed by atoms with E-state index < -0.39 is 0 Å². The molecule has 1 rings (SSSR count). The zero-order chi connectivity index (χ0) is 11.8. The van der Waals surface area contributed by atoms with Crippen LogP contribution < -0.4 is 0 Å². The average Bonchev–Trinajstić information content (AvgIpc) is 2.28. The van der Waals surface area contributed by atoms with Crippen molar-refractivity contribution in [3.05, 3.63) is 23.4 Å². The van der Waals surface area contributed by atoms with E-state index in [-0.39, 0.29) is 6.29 Å². The van der Waals surface area contributed by atoms with E-state index in [2.05, 4.69) is 4.98 Å². The standard InChI is InChI=1S/C11H16ClNO2S/c1-3-14-10(15-4-2)8-16-11-9(12)6-5-7-13-11/h5-7,10H,3-4,8H2,1-2H3. The van der Waals surface area contributed by atoms with Gasteiger partial charge >= 0.3 is 0 Å². The number of pyridine rings is 1. The molecule has 0 aromatic carbocycles. The molecule has 90 valence electrons. The summed E-state index contributed by atoms with van der Waals surface area (Å²) in [6, 6.07) is 3.64. The second kappa shape index (κ2) is 7.90. The van der Waals surface area contributed by atoms with Crippen molar-refractivity contribution < 1.29 is 9.47 Å². The Balaban J connectivity index is 2.45. The summed E-state index contributed by atoms with van der Waals surface area (Å²) in [4.78, 5) is 4.19. The Bertz CT molecular complexity index is 306. The molecular formula is C11H16ClNO2S. The molecule has 0 unspecified atom stereocenters. The number of rotatable bonds is 7. The van der Waals surface area contributed by atoms with Crippen LogP contribution >= 0.6 is 23.4 Å². The third kappa shape index (κ3) is 4.70. The van der Waals surface area contributed by atoms with E-state index >= 15 is 0 Å². The van der Waals surface area contributed by atoms with Crippen LogP contribution in [0.1, 0.15) is 13.8 Å². The van der Waals surface area contributed by atoms with Crippen molar-refractivity contribution in [1.82, 2.24) is 4.98 Å². The second-order valence-corrected chi connectivity index (χ2v) is 4.36. The quantitative estimate of drug-likeness (QED) is 0.557. The predicted molar refractivity (Wildman–Crippen MR) is 67.0 cm³/mol. The van der Waals surface area contributed by atoms with Crippen LogP contribution in [0, 0.1) is 0 Å². The van der Waals surface area contributed by atoms with Gasteiger partial charge in [-0.2, -0.15) is 0 Å². The Hall–Kier alpha value is -0.290. The van der Waals surface area contributed by atoms with Crippen LogP contribution in [0.5, 0.6) is 0 Å². The zero-order valence-corrected chi connectivity index (χ0v) is 11.1. The normalized spacial score (nSPS) is 11.0. The van der Waals surface area contributed by atoms with E-state index in [0.29, 0.717) is 24.0 Å². The molecule has 0 saturated heterocycles. The maximum atomic E-state index is 6.00. The van der Waals surface area contributed by atoms with Crippen molar-refractivity contribution in [2.75, 3.05) is 19.0 Å². The van der Waals surface area contributed by atoms with Crippen molar-refractivity contribution in [2.45, 2.75) is 25.2 Å². The summed E-state index contributed by atoms with van der Waals surface area (Å²) in [6.45, 7) is 5.18. The molecule has 0 spiro atoms. The molecule has 1 heterocycles. The highest BCUT2D eigenvalue weighted by molar-refractivity contribution is 7.99. The Kier molecular flexibility index (Phi) is 6.80. The summed E-state index contributed by atoms with van der Waals surface area (Å²) in [7, 11) is 0. The van der Waals surface area contributed by atoms with Gasteiger partial charge in [0.1, 0.15) is 5.03 Å². The fourth-order valence-electron chi connectivity index (χ4n) is 1.14. The van der Waals surface area contributed by atoms with E-state index in [4.69, 9.17) is 21.1 Å². The lowest BCUT2D eigenvalue weighted by Gasteiger charge is -2.16. The Morgan fingerprint density at radius 3 is 2.62 bits per heavy atom. The number of ether oxygens (including phenoxy) is 2.